The van der Waals surface area contributed by atoms with Crippen molar-refractivity contribution in [2.45, 2.75) is 32.6 Å². The number of oxime groups is 1. The highest BCUT2D eigenvalue weighted by Gasteiger charge is 2.15. The average molecular weight is 521 g/mol. The van der Waals surface area contributed by atoms with Crippen molar-refractivity contribution in [2.75, 3.05) is 26.2 Å². The molecule has 1 rings (SSSR count). The fraction of sp³-hybridized carbons (Fsp3) is 0.500. The Morgan fingerprint density at radius 2 is 1.93 bits per heavy atom. The summed E-state index contributed by atoms with van der Waals surface area (Å²) >= 11 is 6.93. The number of carbonyl (C=O) groups excluding carboxylic acids is 1. The Balaban J connectivity index is 2.59. The van der Waals surface area contributed by atoms with Crippen LogP contribution in [0.5, 0.6) is 5.75 Å². The van der Waals surface area contributed by atoms with Crippen molar-refractivity contribution in [2.24, 2.45) is 21.6 Å². The van der Waals surface area contributed by atoms with E-state index in [1.807, 2.05) is 12.1 Å². The summed E-state index contributed by atoms with van der Waals surface area (Å²) in [6.07, 6.45) is 2.50. The summed E-state index contributed by atoms with van der Waals surface area (Å²) in [5.74, 6) is 0.808. The lowest BCUT2D eigenvalue weighted by Crippen LogP contribution is -2.33. The molecule has 10 heteroatoms. The highest BCUT2D eigenvalue weighted by atomic mass is 79.9. The van der Waals surface area contributed by atoms with Gasteiger partial charge in [-0.15, -0.1) is 0 Å². The molecule has 0 bridgehead atoms. The van der Waals surface area contributed by atoms with Gasteiger partial charge in [-0.1, -0.05) is 5.16 Å². The first-order valence-electron chi connectivity index (χ1n) is 8.95. The molecule has 0 aliphatic rings. The molecule has 1 aromatic carbocycles. The molecule has 0 saturated carbocycles. The maximum atomic E-state index is 12.2. The number of hydrogen-bond donors (Lipinski definition) is 4. The standard InChI is InChI=1S/C18H27Br2N5O3/c1-12(22)23-6-2-3-7-24-18(26)16(25-27)11-13-9-14(19)17(15(20)10-13)28-8-4-5-21/h9-10,27H,2-8,11,21H2,1H3,(H2,22,23)(H,24,26)/b25-16-. The highest BCUT2D eigenvalue weighted by Crippen LogP contribution is 2.35. The minimum absolute atomic E-state index is 0.0337. The molecule has 0 atom stereocenters. The zero-order valence-electron chi connectivity index (χ0n) is 15.9. The summed E-state index contributed by atoms with van der Waals surface area (Å²) in [5, 5.41) is 15.1. The largest absolute Gasteiger partial charge is 0.491 e. The molecule has 6 N–H and O–H groups in total. The second-order valence-corrected chi connectivity index (χ2v) is 7.80. The Hall–Kier alpha value is -1.65. The predicted octanol–water partition coefficient (Wildman–Crippen LogP) is 2.59. The third-order valence-electron chi connectivity index (χ3n) is 3.64. The van der Waals surface area contributed by atoms with E-state index in [9.17, 15) is 10.0 Å². The summed E-state index contributed by atoms with van der Waals surface area (Å²) in [6.45, 7) is 3.90. The van der Waals surface area contributed by atoms with Crippen LogP contribution in [0.25, 0.3) is 0 Å². The lowest BCUT2D eigenvalue weighted by atomic mass is 10.1. The normalized spacial score (nSPS) is 12.1. The van der Waals surface area contributed by atoms with Gasteiger partial charge >= 0.3 is 0 Å². The van der Waals surface area contributed by atoms with Gasteiger partial charge in [0.05, 0.1) is 21.4 Å². The summed E-state index contributed by atoms with van der Waals surface area (Å²) in [5.41, 5.74) is 11.8. The lowest BCUT2D eigenvalue weighted by Gasteiger charge is -2.12. The van der Waals surface area contributed by atoms with Crippen molar-refractivity contribution < 1.29 is 14.7 Å². The molecule has 0 spiro atoms. The van der Waals surface area contributed by atoms with Gasteiger partial charge < -0.3 is 26.7 Å². The van der Waals surface area contributed by atoms with E-state index in [0.29, 0.717) is 37.8 Å². The Bertz CT molecular complexity index is 683. The molecule has 0 fully saturated rings. The SMILES string of the molecule is CC(N)=NCCCCNC(=O)/C(Cc1cc(Br)c(OCCCN)c(Br)c1)=N\O. The van der Waals surface area contributed by atoms with Gasteiger partial charge in [0.1, 0.15) is 11.5 Å². The third-order valence-corrected chi connectivity index (χ3v) is 4.82. The van der Waals surface area contributed by atoms with Gasteiger partial charge in [-0.25, -0.2) is 0 Å². The topological polar surface area (TPSA) is 135 Å². The first kappa shape index (κ1) is 24.4. The van der Waals surface area contributed by atoms with E-state index in [2.05, 4.69) is 47.3 Å². The fourth-order valence-electron chi connectivity index (χ4n) is 2.26. The van der Waals surface area contributed by atoms with Crippen LogP contribution in [0.3, 0.4) is 0 Å². The molecular formula is C18H27Br2N5O3. The number of benzene rings is 1. The van der Waals surface area contributed by atoms with Gasteiger partial charge in [0, 0.05) is 19.5 Å². The van der Waals surface area contributed by atoms with E-state index in [1.165, 1.54) is 0 Å². The van der Waals surface area contributed by atoms with Crippen LogP contribution in [0, 0.1) is 0 Å². The van der Waals surface area contributed by atoms with Crippen LogP contribution in [-0.4, -0.2) is 48.9 Å². The van der Waals surface area contributed by atoms with Crippen LogP contribution >= 0.6 is 31.9 Å². The van der Waals surface area contributed by atoms with Gasteiger partial charge in [0.15, 0.2) is 0 Å². The maximum Gasteiger partial charge on any atom is 0.269 e. The zero-order valence-corrected chi connectivity index (χ0v) is 19.1. The van der Waals surface area contributed by atoms with Crippen molar-refractivity contribution in [1.82, 2.24) is 5.32 Å². The number of amides is 1. The van der Waals surface area contributed by atoms with E-state index >= 15 is 0 Å². The molecule has 0 aliphatic heterocycles. The van der Waals surface area contributed by atoms with Crippen molar-refractivity contribution in [3.05, 3.63) is 26.6 Å². The summed E-state index contributed by atoms with van der Waals surface area (Å²) in [6, 6.07) is 3.66. The zero-order chi connectivity index (χ0) is 20.9. The van der Waals surface area contributed by atoms with Gasteiger partial charge in [-0.2, -0.15) is 0 Å². The minimum atomic E-state index is -0.406. The van der Waals surface area contributed by atoms with Crippen molar-refractivity contribution >= 4 is 49.3 Å². The number of carbonyl (C=O) groups is 1. The number of hydrogen-bond acceptors (Lipinski definition) is 6. The van der Waals surface area contributed by atoms with Crippen LogP contribution in [0.15, 0.2) is 31.2 Å². The molecule has 28 heavy (non-hydrogen) atoms. The minimum Gasteiger partial charge on any atom is -0.491 e. The molecule has 0 saturated heterocycles. The fourth-order valence-corrected chi connectivity index (χ4v) is 3.77. The number of nitrogens with two attached hydrogens (primary N) is 2. The Morgan fingerprint density at radius 1 is 1.25 bits per heavy atom. The Morgan fingerprint density at radius 3 is 2.50 bits per heavy atom. The van der Waals surface area contributed by atoms with Crippen molar-refractivity contribution in [1.29, 1.82) is 0 Å². The van der Waals surface area contributed by atoms with Crippen LogP contribution < -0.4 is 21.5 Å². The lowest BCUT2D eigenvalue weighted by molar-refractivity contribution is -0.115. The van der Waals surface area contributed by atoms with Gasteiger partial charge in [-0.05, 0) is 82.3 Å². The summed E-state index contributed by atoms with van der Waals surface area (Å²) in [7, 11) is 0. The number of amidine groups is 1. The number of aliphatic imine (C=N–C) groups is 1. The molecule has 0 unspecified atom stereocenters. The van der Waals surface area contributed by atoms with E-state index in [0.717, 1.165) is 33.8 Å². The summed E-state index contributed by atoms with van der Waals surface area (Å²) in [4.78, 5) is 16.3. The van der Waals surface area contributed by atoms with Crippen molar-refractivity contribution in [3.63, 3.8) is 0 Å². The first-order chi connectivity index (χ1) is 13.4. The average Bonchev–Trinajstić information content (AvgIpc) is 2.64. The number of unbranched alkanes of at least 4 members (excludes halogenated alkanes) is 1. The molecule has 0 aliphatic carbocycles. The van der Waals surface area contributed by atoms with Gasteiger partial charge in [0.2, 0.25) is 0 Å². The van der Waals surface area contributed by atoms with Crippen LogP contribution in [0.4, 0.5) is 0 Å². The second-order valence-electron chi connectivity index (χ2n) is 6.09. The molecule has 1 aromatic rings. The van der Waals surface area contributed by atoms with E-state index < -0.39 is 5.91 Å². The number of nitrogens with zero attached hydrogens (tertiary/aromatic N) is 2. The highest BCUT2D eigenvalue weighted by molar-refractivity contribution is 9.11. The number of halogens is 2. The molecule has 0 heterocycles. The van der Waals surface area contributed by atoms with E-state index in [4.69, 9.17) is 16.2 Å². The third kappa shape index (κ3) is 9.03. The molecule has 0 radical (unpaired) electrons. The monoisotopic (exact) mass is 519 g/mol. The first-order valence-corrected chi connectivity index (χ1v) is 10.5. The van der Waals surface area contributed by atoms with Crippen molar-refractivity contribution in [3.8, 4) is 5.75 Å². The number of ether oxygens (including phenoxy) is 1. The maximum absolute atomic E-state index is 12.2. The molecule has 8 nitrogen and oxygen atoms in total. The molecule has 0 aromatic heterocycles. The van der Waals surface area contributed by atoms with E-state index in [-0.39, 0.29) is 12.1 Å². The van der Waals surface area contributed by atoms with Gasteiger partial charge in [-0.3, -0.25) is 9.79 Å². The van der Waals surface area contributed by atoms with E-state index in [1.54, 1.807) is 6.92 Å². The van der Waals surface area contributed by atoms with Crippen LogP contribution in [-0.2, 0) is 11.2 Å². The Kier molecular flexibility index (Phi) is 11.8. The number of nitrogens with one attached hydrogen (secondary N) is 1. The van der Waals surface area contributed by atoms with Crippen LogP contribution in [0.1, 0.15) is 31.7 Å². The van der Waals surface area contributed by atoms with Gasteiger partial charge in [0.25, 0.3) is 5.91 Å². The molecular weight excluding hydrogens is 494 g/mol. The van der Waals surface area contributed by atoms with Crippen LogP contribution in [0.2, 0.25) is 0 Å². The molecule has 1 amide bonds. The smallest absolute Gasteiger partial charge is 0.269 e. The number of rotatable bonds is 12. The Labute approximate surface area is 182 Å². The molecule has 156 valence electrons. The summed E-state index contributed by atoms with van der Waals surface area (Å²) < 4.78 is 7.17. The quantitative estimate of drug-likeness (QED) is 0.110. The second kappa shape index (κ2) is 13.5. The predicted molar refractivity (Wildman–Crippen MR) is 118 cm³/mol.